The van der Waals surface area contributed by atoms with Gasteiger partial charge in [-0.1, -0.05) is 60.7 Å². The lowest BCUT2D eigenvalue weighted by atomic mass is 10.2. The molecule has 3 nitrogen and oxygen atoms in total. The summed E-state index contributed by atoms with van der Waals surface area (Å²) in [7, 11) is 0. The van der Waals surface area contributed by atoms with Crippen molar-refractivity contribution in [2.75, 3.05) is 0 Å². The molecule has 0 atom stereocenters. The molecule has 4 rings (SSSR count). The van der Waals surface area contributed by atoms with Crippen LogP contribution in [-0.4, -0.2) is 10.5 Å². The molecule has 0 aliphatic rings. The van der Waals surface area contributed by atoms with Crippen LogP contribution < -0.4 is 17.0 Å². The highest BCUT2D eigenvalue weighted by Gasteiger charge is 2.19. The summed E-state index contributed by atoms with van der Waals surface area (Å²) in [4.78, 5) is 3.56. The number of imidazole rings is 1. The average molecular weight is 339 g/mol. The minimum atomic E-state index is 0. The quantitative estimate of drug-likeness (QED) is 0.524. The fourth-order valence-corrected chi connectivity index (χ4v) is 2.88. The van der Waals surface area contributed by atoms with Gasteiger partial charge in [-0.2, -0.15) is 0 Å². The van der Waals surface area contributed by atoms with Crippen molar-refractivity contribution < 1.29 is 22.5 Å². The largest absolute Gasteiger partial charge is 1.00 e. The monoisotopic (exact) mass is 338 g/mol. The van der Waals surface area contributed by atoms with Gasteiger partial charge in [0.25, 0.3) is 5.82 Å². The van der Waals surface area contributed by atoms with Crippen molar-refractivity contribution in [2.24, 2.45) is 0 Å². The van der Waals surface area contributed by atoms with Crippen LogP contribution in [0.4, 0.5) is 0 Å². The van der Waals surface area contributed by atoms with E-state index in [0.29, 0.717) is 0 Å². The van der Waals surface area contributed by atoms with E-state index in [1.54, 1.807) is 0 Å². The number of nitrogens with zero attached hydrogens (tertiary/aromatic N) is 1. The highest BCUT2D eigenvalue weighted by molar-refractivity contribution is 5.74. The number of halogens is 1. The van der Waals surface area contributed by atoms with Gasteiger partial charge in [0, 0.05) is 0 Å². The van der Waals surface area contributed by atoms with Crippen LogP contribution in [0, 0.1) is 0 Å². The van der Waals surface area contributed by atoms with E-state index in [0.717, 1.165) is 17.9 Å². The van der Waals surface area contributed by atoms with Crippen molar-refractivity contribution in [2.45, 2.75) is 6.54 Å². The maximum atomic E-state index is 3.56. The van der Waals surface area contributed by atoms with Gasteiger partial charge in [0.05, 0.1) is 5.56 Å². The Labute approximate surface area is 147 Å². The summed E-state index contributed by atoms with van der Waals surface area (Å²) in [5.74, 6) is 1.14. The molecule has 0 aliphatic carbocycles. The molecule has 24 heavy (non-hydrogen) atoms. The fourth-order valence-electron chi connectivity index (χ4n) is 2.88. The van der Waals surface area contributed by atoms with Gasteiger partial charge in [-0.25, -0.2) is 9.55 Å². The van der Waals surface area contributed by atoms with Crippen LogP contribution in [-0.2, 0) is 6.54 Å². The number of H-pyrrole nitrogens is 1. The van der Waals surface area contributed by atoms with E-state index in [-0.39, 0.29) is 17.9 Å². The van der Waals surface area contributed by atoms with Crippen molar-refractivity contribution in [1.29, 1.82) is 0 Å². The van der Waals surface area contributed by atoms with Crippen LogP contribution in [0.5, 0.6) is 0 Å². The molecule has 0 bridgehead atoms. The third-order valence-electron chi connectivity index (χ3n) is 3.95. The predicted molar refractivity (Wildman–Crippen MR) is 93.1 cm³/mol. The zero-order valence-corrected chi connectivity index (χ0v) is 13.9. The molecule has 0 amide bonds. The second-order valence-corrected chi connectivity index (χ2v) is 5.43. The second-order valence-electron chi connectivity index (χ2n) is 5.43. The summed E-state index contributed by atoms with van der Waals surface area (Å²) in [5, 5.41) is 0. The van der Waals surface area contributed by atoms with Crippen molar-refractivity contribution in [1.82, 2.24) is 4.98 Å². The molecule has 0 spiro atoms. The van der Waals surface area contributed by atoms with Crippen LogP contribution in [0.25, 0.3) is 22.4 Å². The first-order valence-electron chi connectivity index (χ1n) is 7.52. The van der Waals surface area contributed by atoms with Crippen LogP contribution in [0.1, 0.15) is 5.56 Å². The molecule has 0 saturated carbocycles. The summed E-state index contributed by atoms with van der Waals surface area (Å²) < 4.78 is 2.35. The highest BCUT2D eigenvalue weighted by Crippen LogP contribution is 2.19. The molecular formula is C20H19ClN2O. The number of aromatic nitrogens is 2. The molecule has 1 aromatic heterocycles. The summed E-state index contributed by atoms with van der Waals surface area (Å²) in [5.41, 5.74) is 4.89. The number of para-hydroxylation sites is 2. The van der Waals surface area contributed by atoms with E-state index in [9.17, 15) is 0 Å². The Hall–Kier alpha value is -2.62. The molecule has 0 saturated heterocycles. The first-order chi connectivity index (χ1) is 10.9. The van der Waals surface area contributed by atoms with Gasteiger partial charge in [-0.15, -0.1) is 0 Å². The lowest BCUT2D eigenvalue weighted by Gasteiger charge is -2.03. The van der Waals surface area contributed by atoms with Crippen molar-refractivity contribution in [3.8, 4) is 11.4 Å². The molecule has 0 fully saturated rings. The first kappa shape index (κ1) is 17.7. The van der Waals surface area contributed by atoms with Gasteiger partial charge in [-0.3, -0.25) is 0 Å². The first-order valence-corrected chi connectivity index (χ1v) is 7.52. The number of benzene rings is 3. The highest BCUT2D eigenvalue weighted by atomic mass is 35.5. The van der Waals surface area contributed by atoms with E-state index >= 15 is 0 Å². The zero-order chi connectivity index (χ0) is 14.8. The summed E-state index contributed by atoms with van der Waals surface area (Å²) in [6, 6.07) is 29.5. The Morgan fingerprint density at radius 3 is 2.00 bits per heavy atom. The maximum Gasteiger partial charge on any atom is 0.287 e. The summed E-state index contributed by atoms with van der Waals surface area (Å²) >= 11 is 0. The summed E-state index contributed by atoms with van der Waals surface area (Å²) in [6.07, 6.45) is 0. The van der Waals surface area contributed by atoms with Crippen LogP contribution in [0.15, 0.2) is 84.9 Å². The molecule has 0 radical (unpaired) electrons. The predicted octanol–water partition coefficient (Wildman–Crippen LogP) is 0.350. The third kappa shape index (κ3) is 3.32. The van der Waals surface area contributed by atoms with Gasteiger partial charge in [0.2, 0.25) is 0 Å². The zero-order valence-electron chi connectivity index (χ0n) is 13.1. The van der Waals surface area contributed by atoms with Crippen molar-refractivity contribution >= 4 is 11.0 Å². The van der Waals surface area contributed by atoms with Gasteiger partial charge < -0.3 is 17.9 Å². The SMILES string of the molecule is O.[Cl-].c1ccc(C[n+]2c(-c3ccccc3)[nH]c3ccccc32)cc1. The lowest BCUT2D eigenvalue weighted by molar-refractivity contribution is -0.651. The smallest absolute Gasteiger partial charge is 0.287 e. The number of hydrogen-bond donors (Lipinski definition) is 1. The Bertz CT molecular complexity index is 905. The molecule has 0 aliphatic heterocycles. The summed E-state index contributed by atoms with van der Waals surface area (Å²) in [6.45, 7) is 0.856. The minimum Gasteiger partial charge on any atom is -1.00 e. The number of fused-ring (bicyclic) bond motifs is 1. The van der Waals surface area contributed by atoms with Crippen molar-refractivity contribution in [3.63, 3.8) is 0 Å². The van der Waals surface area contributed by atoms with Crippen molar-refractivity contribution in [3.05, 3.63) is 90.5 Å². The Kier molecular flexibility index (Phi) is 5.74. The lowest BCUT2D eigenvalue weighted by Crippen LogP contribution is -3.00. The Morgan fingerprint density at radius 2 is 1.29 bits per heavy atom. The number of nitrogens with one attached hydrogen (secondary N) is 1. The number of rotatable bonds is 3. The molecule has 122 valence electrons. The Morgan fingerprint density at radius 1 is 0.708 bits per heavy atom. The van der Waals surface area contributed by atoms with Crippen LogP contribution in [0.2, 0.25) is 0 Å². The Balaban J connectivity index is 0.00000104. The minimum absolute atomic E-state index is 0. The van der Waals surface area contributed by atoms with Gasteiger partial charge in [-0.05, 0) is 29.8 Å². The van der Waals surface area contributed by atoms with Gasteiger partial charge in [0.1, 0.15) is 6.54 Å². The normalized spacial score (nSPS) is 10.0. The van der Waals surface area contributed by atoms with Crippen LogP contribution >= 0.6 is 0 Å². The molecule has 3 aromatic carbocycles. The number of hydrogen-bond acceptors (Lipinski definition) is 0. The average Bonchev–Trinajstić information content (AvgIpc) is 2.95. The van der Waals surface area contributed by atoms with E-state index in [2.05, 4.69) is 88.4 Å². The fraction of sp³-hybridized carbons (Fsp3) is 0.0500. The third-order valence-corrected chi connectivity index (χ3v) is 3.95. The van der Waals surface area contributed by atoms with E-state index in [4.69, 9.17) is 0 Å². The second kappa shape index (κ2) is 7.77. The van der Waals surface area contributed by atoms with E-state index < -0.39 is 0 Å². The molecule has 0 unspecified atom stereocenters. The molecule has 1 heterocycles. The number of aromatic amines is 1. The van der Waals surface area contributed by atoms with Crippen LogP contribution in [0.3, 0.4) is 0 Å². The molecule has 4 aromatic rings. The van der Waals surface area contributed by atoms with E-state index in [1.807, 2.05) is 6.07 Å². The van der Waals surface area contributed by atoms with Gasteiger partial charge >= 0.3 is 0 Å². The van der Waals surface area contributed by atoms with E-state index in [1.165, 1.54) is 16.6 Å². The molecular weight excluding hydrogens is 320 g/mol. The topological polar surface area (TPSA) is 51.2 Å². The molecule has 3 N–H and O–H groups in total. The maximum absolute atomic E-state index is 3.56. The molecule has 4 heteroatoms. The van der Waals surface area contributed by atoms with Gasteiger partial charge in [0.15, 0.2) is 11.0 Å². The standard InChI is InChI=1S/C20H16N2.ClH.H2O/c1-3-9-16(10-4-1)15-22-19-14-8-7-13-18(19)21-20(22)17-11-5-2-6-12-17;;/h1-14H,15H2;1H;1H2.